The van der Waals surface area contributed by atoms with Crippen LogP contribution < -0.4 is 29.6 Å². The van der Waals surface area contributed by atoms with Gasteiger partial charge in [0.1, 0.15) is 0 Å². The fourth-order valence-electron chi connectivity index (χ4n) is 0.728. The van der Waals surface area contributed by atoms with Crippen LogP contribution in [0.1, 0.15) is 8.35 Å². The van der Waals surface area contributed by atoms with Crippen LogP contribution in [0.3, 0.4) is 0 Å². The van der Waals surface area contributed by atoms with Crippen LogP contribution in [0.15, 0.2) is 0 Å². The van der Waals surface area contributed by atoms with Crippen molar-refractivity contribution in [3.8, 4) is 0 Å². The van der Waals surface area contributed by atoms with Crippen LogP contribution in [0.2, 0.25) is 0 Å². The summed E-state index contributed by atoms with van der Waals surface area (Å²) < 4.78 is 22.6. The Morgan fingerprint density at radius 2 is 1.20 bits per heavy atom. The van der Waals surface area contributed by atoms with E-state index in [-0.39, 0.29) is 37.6 Å². The predicted octanol–water partition coefficient (Wildman–Crippen LogP) is -5.86. The third-order valence-corrected chi connectivity index (χ3v) is 1.13. The molecule has 2 heterocycles. The summed E-state index contributed by atoms with van der Waals surface area (Å²) in [6, 6.07) is 0. The first-order valence-electron chi connectivity index (χ1n) is 3.90. The SMILES string of the molecule is CCO.OB1OB2OB(O)OB(O1)O2.[H-].[Na+]. The number of aliphatic hydroxyl groups is 1. The van der Waals surface area contributed by atoms with Crippen LogP contribution in [0.4, 0.5) is 0 Å². The normalized spacial score (nSPS) is 19.2. The Kier molecular flexibility index (Phi) is 8.60. The minimum absolute atomic E-state index is 0. The van der Waals surface area contributed by atoms with Gasteiger partial charge in [-0.2, -0.15) is 0 Å². The van der Waals surface area contributed by atoms with Gasteiger partial charge in [-0.15, -0.1) is 0 Å². The molecule has 2 rings (SSSR count). The van der Waals surface area contributed by atoms with Crippen LogP contribution in [0, 0.1) is 0 Å². The Labute approximate surface area is 112 Å². The molecule has 0 aromatic carbocycles. The van der Waals surface area contributed by atoms with Crippen molar-refractivity contribution in [3.63, 3.8) is 0 Å². The summed E-state index contributed by atoms with van der Waals surface area (Å²) in [4.78, 5) is 0. The summed E-state index contributed by atoms with van der Waals surface area (Å²) in [6.07, 6.45) is 0. The summed E-state index contributed by atoms with van der Waals surface area (Å²) in [5.41, 5.74) is 0. The molecule has 0 radical (unpaired) electrons. The molecular formula is C2H9B4NaO8. The van der Waals surface area contributed by atoms with E-state index in [1.807, 2.05) is 0 Å². The molecule has 13 heteroatoms. The van der Waals surface area contributed by atoms with Gasteiger partial charge in [-0.25, -0.2) is 0 Å². The Hall–Kier alpha value is 0.940. The quantitative estimate of drug-likeness (QED) is 0.351. The number of aliphatic hydroxyl groups excluding tert-OH is 1. The molecule has 0 spiro atoms. The molecule has 0 aromatic rings. The van der Waals surface area contributed by atoms with Crippen molar-refractivity contribution in [2.24, 2.45) is 0 Å². The van der Waals surface area contributed by atoms with Crippen LogP contribution >= 0.6 is 0 Å². The molecule has 0 aromatic heterocycles. The van der Waals surface area contributed by atoms with E-state index in [0.29, 0.717) is 0 Å². The van der Waals surface area contributed by atoms with Crippen LogP contribution in [0.25, 0.3) is 0 Å². The number of hydrogen-bond acceptors (Lipinski definition) is 8. The molecule has 0 amide bonds. The first-order valence-corrected chi connectivity index (χ1v) is 3.90. The minimum Gasteiger partial charge on any atom is -1.00 e. The molecular weight excluding hydrogens is 218 g/mol. The van der Waals surface area contributed by atoms with Gasteiger partial charge in [0.2, 0.25) is 0 Å². The van der Waals surface area contributed by atoms with E-state index >= 15 is 0 Å². The fraction of sp³-hybridized carbons (Fsp3) is 1.00. The molecule has 0 saturated carbocycles. The maximum Gasteiger partial charge on any atom is 1.00 e. The smallest absolute Gasteiger partial charge is 1.00 e. The van der Waals surface area contributed by atoms with Crippen molar-refractivity contribution >= 4 is 29.3 Å². The average Bonchev–Trinajstić information content (AvgIpc) is 2.01. The summed E-state index contributed by atoms with van der Waals surface area (Å²) >= 11 is 0. The average molecular weight is 227 g/mol. The van der Waals surface area contributed by atoms with E-state index in [1.165, 1.54) is 0 Å². The molecule has 2 fully saturated rings. The molecule has 3 N–H and O–H groups in total. The zero-order valence-electron chi connectivity index (χ0n) is 9.40. The zero-order valence-corrected chi connectivity index (χ0v) is 10.4. The third-order valence-electron chi connectivity index (χ3n) is 1.13. The molecule has 8 nitrogen and oxygen atoms in total. The van der Waals surface area contributed by atoms with Crippen LogP contribution in [0.5, 0.6) is 0 Å². The van der Waals surface area contributed by atoms with Gasteiger partial charge in [0.25, 0.3) is 0 Å². The minimum atomic E-state index is -1.45. The first kappa shape index (κ1) is 15.9. The monoisotopic (exact) mass is 228 g/mol. The molecule has 0 unspecified atom stereocenters. The summed E-state index contributed by atoms with van der Waals surface area (Å²) in [6.45, 7) is 1.93. The van der Waals surface area contributed by atoms with Gasteiger partial charge in [0.15, 0.2) is 0 Å². The Morgan fingerprint density at radius 3 is 1.47 bits per heavy atom. The maximum absolute atomic E-state index is 8.74. The molecule has 0 aliphatic carbocycles. The van der Waals surface area contributed by atoms with Crippen LogP contribution in [-0.4, -0.2) is 51.0 Å². The molecule has 2 aliphatic heterocycles. The topological polar surface area (TPSA) is 107 Å². The standard InChI is InChI=1S/C2H6O.B4H2O7.Na.H/c1-2-3;5-1-7-3-9-2(6)10-4(8-1)11-3;;/h3H,2H2,1H3;5-6H;;/q;;+1;-1. The van der Waals surface area contributed by atoms with E-state index in [1.54, 1.807) is 6.92 Å². The molecule has 78 valence electrons. The van der Waals surface area contributed by atoms with E-state index in [2.05, 4.69) is 22.9 Å². The van der Waals surface area contributed by atoms with E-state index in [4.69, 9.17) is 15.2 Å². The van der Waals surface area contributed by atoms with Crippen molar-refractivity contribution in [2.45, 2.75) is 6.92 Å². The van der Waals surface area contributed by atoms with Crippen molar-refractivity contribution in [1.82, 2.24) is 0 Å². The first-order chi connectivity index (χ1) is 6.65. The molecule has 2 aliphatic rings. The summed E-state index contributed by atoms with van der Waals surface area (Å²) in [7, 11) is -5.20. The van der Waals surface area contributed by atoms with Gasteiger partial charge in [-0.1, -0.05) is 0 Å². The second-order valence-corrected chi connectivity index (χ2v) is 2.19. The van der Waals surface area contributed by atoms with Crippen molar-refractivity contribution < 1.29 is 69.0 Å². The van der Waals surface area contributed by atoms with Crippen molar-refractivity contribution in [1.29, 1.82) is 0 Å². The Balaban J connectivity index is 0. The van der Waals surface area contributed by atoms with Gasteiger partial charge < -0.3 is 39.4 Å². The second-order valence-electron chi connectivity index (χ2n) is 2.19. The number of fused-ring (bicyclic) bond motifs is 2. The maximum atomic E-state index is 8.74. The molecule has 0 atom stereocenters. The van der Waals surface area contributed by atoms with Crippen molar-refractivity contribution in [2.75, 3.05) is 6.61 Å². The zero-order chi connectivity index (χ0) is 10.6. The van der Waals surface area contributed by atoms with Gasteiger partial charge in [0.05, 0.1) is 0 Å². The summed E-state index contributed by atoms with van der Waals surface area (Å²) in [5, 5.41) is 25.0. The predicted molar refractivity (Wildman–Crippen MR) is 46.8 cm³/mol. The van der Waals surface area contributed by atoms with Gasteiger partial charge in [0, 0.05) is 6.61 Å². The van der Waals surface area contributed by atoms with Gasteiger partial charge >= 0.3 is 58.8 Å². The van der Waals surface area contributed by atoms with E-state index < -0.39 is 29.3 Å². The van der Waals surface area contributed by atoms with E-state index in [0.717, 1.165) is 0 Å². The van der Waals surface area contributed by atoms with Gasteiger partial charge in [-0.3, -0.25) is 0 Å². The molecule has 2 saturated heterocycles. The fourth-order valence-corrected chi connectivity index (χ4v) is 0.728. The van der Waals surface area contributed by atoms with Crippen LogP contribution in [-0.2, 0) is 22.9 Å². The molecule has 15 heavy (non-hydrogen) atoms. The number of rotatable bonds is 0. The Morgan fingerprint density at radius 1 is 0.933 bits per heavy atom. The third kappa shape index (κ3) is 5.70. The van der Waals surface area contributed by atoms with E-state index in [9.17, 15) is 0 Å². The largest absolute Gasteiger partial charge is 1.00 e. The van der Waals surface area contributed by atoms with Crippen molar-refractivity contribution in [3.05, 3.63) is 0 Å². The van der Waals surface area contributed by atoms with Gasteiger partial charge in [-0.05, 0) is 6.92 Å². The number of hydrogen-bond donors (Lipinski definition) is 3. The Bertz CT molecular complexity index is 147. The summed E-state index contributed by atoms with van der Waals surface area (Å²) in [5.74, 6) is 0. The second kappa shape index (κ2) is 8.09. The molecule has 2 bridgehead atoms.